The molecule has 0 aromatic heterocycles. The van der Waals surface area contributed by atoms with Gasteiger partial charge >= 0.3 is 0 Å². The third-order valence-corrected chi connectivity index (χ3v) is 5.76. The summed E-state index contributed by atoms with van der Waals surface area (Å²) in [5, 5.41) is 0. The molecule has 0 bridgehead atoms. The topological polar surface area (TPSA) is 54.5 Å². The van der Waals surface area contributed by atoms with E-state index in [1.54, 1.807) is 12.1 Å². The molecule has 152 valence electrons. The average molecular weight is 395 g/mol. The van der Waals surface area contributed by atoms with Crippen LogP contribution in [0.15, 0.2) is 42.5 Å². The molecule has 0 N–H and O–H groups in total. The van der Waals surface area contributed by atoms with Crippen molar-refractivity contribution in [3.63, 3.8) is 0 Å². The number of carbonyl (C=O) groups is 1. The Morgan fingerprint density at radius 1 is 0.862 bits per heavy atom. The fourth-order valence-electron chi connectivity index (χ4n) is 4.14. The van der Waals surface area contributed by atoms with Gasteiger partial charge in [-0.15, -0.1) is 0 Å². The van der Waals surface area contributed by atoms with Gasteiger partial charge in [-0.25, -0.2) is 0 Å². The number of benzene rings is 2. The molecule has 1 fully saturated rings. The second kappa shape index (κ2) is 7.93. The van der Waals surface area contributed by atoms with Gasteiger partial charge in [0.2, 0.25) is 6.79 Å². The minimum atomic E-state index is -0.0106. The summed E-state index contributed by atoms with van der Waals surface area (Å²) in [7, 11) is 0. The maximum Gasteiger partial charge on any atom is 0.258 e. The normalized spacial score (nSPS) is 18.6. The van der Waals surface area contributed by atoms with Gasteiger partial charge in [0, 0.05) is 44.8 Å². The van der Waals surface area contributed by atoms with Gasteiger partial charge in [-0.1, -0.05) is 12.1 Å². The second-order valence-corrected chi connectivity index (χ2v) is 7.45. The number of nitrogens with zero attached hydrogens (tertiary/aromatic N) is 3. The van der Waals surface area contributed by atoms with Crippen molar-refractivity contribution in [1.82, 2.24) is 4.90 Å². The van der Waals surface area contributed by atoms with Crippen molar-refractivity contribution in [2.24, 2.45) is 0 Å². The zero-order valence-electron chi connectivity index (χ0n) is 16.4. The van der Waals surface area contributed by atoms with Gasteiger partial charge in [0.05, 0.1) is 24.6 Å². The van der Waals surface area contributed by atoms with Crippen LogP contribution >= 0.6 is 0 Å². The van der Waals surface area contributed by atoms with Crippen molar-refractivity contribution in [2.75, 3.05) is 69.1 Å². The van der Waals surface area contributed by atoms with E-state index in [0.29, 0.717) is 23.6 Å². The number of para-hydroxylation sites is 2. The molecule has 3 heterocycles. The predicted molar refractivity (Wildman–Crippen MR) is 110 cm³/mol. The molecule has 0 unspecified atom stereocenters. The molecule has 0 atom stereocenters. The minimum Gasteiger partial charge on any atom is -0.454 e. The van der Waals surface area contributed by atoms with Crippen molar-refractivity contribution in [1.29, 1.82) is 0 Å². The molecule has 29 heavy (non-hydrogen) atoms. The molecule has 0 spiro atoms. The summed E-state index contributed by atoms with van der Waals surface area (Å²) < 4.78 is 16.2. The third kappa shape index (κ3) is 3.63. The lowest BCUT2D eigenvalue weighted by Crippen LogP contribution is -2.47. The molecule has 0 radical (unpaired) electrons. The number of ether oxygens (including phenoxy) is 3. The third-order valence-electron chi connectivity index (χ3n) is 5.76. The van der Waals surface area contributed by atoms with Crippen molar-refractivity contribution in [3.8, 4) is 11.5 Å². The number of fused-ring (bicyclic) bond motifs is 2. The van der Waals surface area contributed by atoms with E-state index in [9.17, 15) is 4.79 Å². The van der Waals surface area contributed by atoms with E-state index in [0.717, 1.165) is 57.3 Å². The van der Waals surface area contributed by atoms with E-state index in [-0.39, 0.29) is 12.7 Å². The number of rotatable bonds is 4. The first-order valence-corrected chi connectivity index (χ1v) is 10.2. The first kappa shape index (κ1) is 18.3. The molecular formula is C22H25N3O4. The summed E-state index contributed by atoms with van der Waals surface area (Å²) in [4.78, 5) is 20.0. The highest BCUT2D eigenvalue weighted by Crippen LogP contribution is 2.36. The lowest BCUT2D eigenvalue weighted by molar-refractivity contribution is 0.0391. The van der Waals surface area contributed by atoms with Crippen molar-refractivity contribution >= 4 is 17.3 Å². The predicted octanol–water partition coefficient (Wildman–Crippen LogP) is 2.21. The highest BCUT2D eigenvalue weighted by atomic mass is 16.7. The lowest BCUT2D eigenvalue weighted by atomic mass is 10.1. The maximum atomic E-state index is 13.3. The Bertz CT molecular complexity index is 897. The Morgan fingerprint density at radius 3 is 2.52 bits per heavy atom. The highest BCUT2D eigenvalue weighted by Gasteiger charge is 2.28. The molecule has 2 aromatic carbocycles. The molecule has 1 saturated heterocycles. The smallest absolute Gasteiger partial charge is 0.258 e. The maximum absolute atomic E-state index is 13.3. The molecular weight excluding hydrogens is 370 g/mol. The van der Waals surface area contributed by atoms with Gasteiger partial charge in [0.25, 0.3) is 5.91 Å². The molecule has 2 aromatic rings. The van der Waals surface area contributed by atoms with Gasteiger partial charge in [0.15, 0.2) is 11.5 Å². The molecule has 3 aliphatic heterocycles. The van der Waals surface area contributed by atoms with Crippen LogP contribution in [0.3, 0.4) is 0 Å². The van der Waals surface area contributed by atoms with Crippen LogP contribution in [0.5, 0.6) is 11.5 Å². The molecule has 0 aliphatic carbocycles. The van der Waals surface area contributed by atoms with Crippen LogP contribution in [0.4, 0.5) is 11.4 Å². The van der Waals surface area contributed by atoms with E-state index in [1.807, 2.05) is 29.2 Å². The second-order valence-electron chi connectivity index (χ2n) is 7.45. The van der Waals surface area contributed by atoms with E-state index in [2.05, 4.69) is 15.9 Å². The van der Waals surface area contributed by atoms with Crippen LogP contribution in [-0.2, 0) is 4.74 Å². The summed E-state index contributed by atoms with van der Waals surface area (Å²) in [5.74, 6) is 1.31. The van der Waals surface area contributed by atoms with Crippen LogP contribution in [0, 0.1) is 0 Å². The SMILES string of the molecule is O=C(c1ccc2c(c1)OCO2)N1CCN(CCN2CCOCC2)c2ccccc21. The van der Waals surface area contributed by atoms with E-state index in [4.69, 9.17) is 14.2 Å². The summed E-state index contributed by atoms with van der Waals surface area (Å²) in [5.41, 5.74) is 2.69. The Balaban J connectivity index is 1.34. The van der Waals surface area contributed by atoms with Crippen LogP contribution in [0.2, 0.25) is 0 Å². The van der Waals surface area contributed by atoms with Crippen LogP contribution in [0.25, 0.3) is 0 Å². The zero-order chi connectivity index (χ0) is 19.6. The number of hydrogen-bond donors (Lipinski definition) is 0. The van der Waals surface area contributed by atoms with Crippen LogP contribution in [0.1, 0.15) is 10.4 Å². The first-order valence-electron chi connectivity index (χ1n) is 10.2. The average Bonchev–Trinajstić information content (AvgIpc) is 3.25. The van der Waals surface area contributed by atoms with Gasteiger partial charge < -0.3 is 24.0 Å². The summed E-state index contributed by atoms with van der Waals surface area (Å²) in [6.07, 6.45) is 0. The highest BCUT2D eigenvalue weighted by molar-refractivity contribution is 6.08. The Morgan fingerprint density at radius 2 is 1.66 bits per heavy atom. The fourth-order valence-corrected chi connectivity index (χ4v) is 4.14. The Labute approximate surface area is 170 Å². The summed E-state index contributed by atoms with van der Waals surface area (Å²) in [6.45, 7) is 7.25. The van der Waals surface area contributed by atoms with Gasteiger partial charge in [-0.3, -0.25) is 9.69 Å². The van der Waals surface area contributed by atoms with Gasteiger partial charge in [-0.2, -0.15) is 0 Å². The van der Waals surface area contributed by atoms with Gasteiger partial charge in [0.1, 0.15) is 0 Å². The lowest BCUT2D eigenvalue weighted by Gasteiger charge is -2.39. The largest absolute Gasteiger partial charge is 0.454 e. The molecule has 7 nitrogen and oxygen atoms in total. The Hall–Kier alpha value is -2.77. The number of carbonyl (C=O) groups excluding carboxylic acids is 1. The number of hydrogen-bond acceptors (Lipinski definition) is 6. The quantitative estimate of drug-likeness (QED) is 0.791. The number of anilines is 2. The summed E-state index contributed by atoms with van der Waals surface area (Å²) in [6, 6.07) is 13.6. The molecule has 3 aliphatic rings. The monoisotopic (exact) mass is 395 g/mol. The van der Waals surface area contributed by atoms with Gasteiger partial charge in [-0.05, 0) is 30.3 Å². The zero-order valence-corrected chi connectivity index (χ0v) is 16.4. The summed E-state index contributed by atoms with van der Waals surface area (Å²) >= 11 is 0. The van der Waals surface area contributed by atoms with E-state index >= 15 is 0 Å². The first-order chi connectivity index (χ1) is 14.3. The molecule has 7 heteroatoms. The molecule has 0 saturated carbocycles. The molecule has 1 amide bonds. The molecule has 5 rings (SSSR count). The van der Waals surface area contributed by atoms with Crippen molar-refractivity contribution in [2.45, 2.75) is 0 Å². The van der Waals surface area contributed by atoms with Crippen molar-refractivity contribution < 1.29 is 19.0 Å². The minimum absolute atomic E-state index is 0.0106. The van der Waals surface area contributed by atoms with Crippen molar-refractivity contribution in [3.05, 3.63) is 48.0 Å². The number of amides is 1. The Kier molecular flexibility index (Phi) is 4.99. The fraction of sp³-hybridized carbons (Fsp3) is 0.409. The number of morpholine rings is 1. The van der Waals surface area contributed by atoms with Crippen LogP contribution in [-0.4, -0.2) is 70.1 Å². The van der Waals surface area contributed by atoms with E-state index < -0.39 is 0 Å². The van der Waals surface area contributed by atoms with E-state index in [1.165, 1.54) is 0 Å². The van der Waals surface area contributed by atoms with Crippen LogP contribution < -0.4 is 19.3 Å². The standard InChI is InChI=1S/C22H25N3O4/c26-22(17-5-6-20-21(15-17)29-16-28-20)25-10-9-24(18-3-1-2-4-19(18)25)8-7-23-11-13-27-14-12-23/h1-6,15H,7-14,16H2.